The van der Waals surface area contributed by atoms with Crippen molar-refractivity contribution >= 4 is 11.6 Å². The SMILES string of the molecule is CCc1ccccc1-c1[c-]cc(Cl)c(=O)n1CC(F)F.[Y]. The van der Waals surface area contributed by atoms with Crippen LogP contribution in [0.3, 0.4) is 0 Å². The van der Waals surface area contributed by atoms with Crippen molar-refractivity contribution in [1.29, 1.82) is 0 Å². The van der Waals surface area contributed by atoms with Gasteiger partial charge in [0.05, 0.1) is 6.54 Å². The summed E-state index contributed by atoms with van der Waals surface area (Å²) in [6.07, 6.45) is -1.90. The molecule has 1 heterocycles. The van der Waals surface area contributed by atoms with E-state index in [-0.39, 0.29) is 37.7 Å². The van der Waals surface area contributed by atoms with Crippen LogP contribution >= 0.6 is 11.6 Å². The predicted octanol–water partition coefficient (Wildman–Crippen LogP) is 3.79. The molecule has 0 amide bonds. The third kappa shape index (κ3) is 4.21. The average Bonchev–Trinajstić information content (AvgIpc) is 2.44. The fourth-order valence-electron chi connectivity index (χ4n) is 2.10. The van der Waals surface area contributed by atoms with Crippen molar-refractivity contribution in [3.05, 3.63) is 57.3 Å². The molecule has 0 saturated heterocycles. The predicted molar refractivity (Wildman–Crippen MR) is 75.4 cm³/mol. The smallest absolute Gasteiger partial charge is 0.256 e. The summed E-state index contributed by atoms with van der Waals surface area (Å²) in [4.78, 5) is 12.0. The standard InChI is InChI=1S/C15H13ClF2NO.Y/c1-2-10-5-3-4-6-11(10)13-8-7-12(16)15(20)19(13)9-14(17)18;/h3-7,14H,2,9H2,1H3;/q-1;. The molecule has 0 unspecified atom stereocenters. The first kappa shape index (κ1) is 18.5. The van der Waals surface area contributed by atoms with Crippen LogP contribution in [0, 0.1) is 6.07 Å². The summed E-state index contributed by atoms with van der Waals surface area (Å²) >= 11 is 5.72. The van der Waals surface area contributed by atoms with Crippen molar-refractivity contribution < 1.29 is 41.5 Å². The fourth-order valence-corrected chi connectivity index (χ4v) is 2.25. The van der Waals surface area contributed by atoms with Crippen LogP contribution in [0.4, 0.5) is 8.78 Å². The maximum atomic E-state index is 12.7. The number of aryl methyl sites for hydroxylation is 1. The van der Waals surface area contributed by atoms with Gasteiger partial charge in [-0.05, 0) is 6.42 Å². The van der Waals surface area contributed by atoms with Gasteiger partial charge in [-0.3, -0.25) is 4.79 Å². The molecule has 0 N–H and O–H groups in total. The van der Waals surface area contributed by atoms with Crippen LogP contribution in [0.5, 0.6) is 0 Å². The Morgan fingerprint density at radius 2 is 2.00 bits per heavy atom. The number of halogens is 3. The first-order valence-corrected chi connectivity index (χ1v) is 6.59. The Bertz CT molecular complexity index is 673. The molecule has 109 valence electrons. The molecular weight excluding hydrogens is 373 g/mol. The van der Waals surface area contributed by atoms with Crippen molar-refractivity contribution in [3.8, 4) is 11.3 Å². The molecule has 0 bridgehead atoms. The third-order valence-corrected chi connectivity index (χ3v) is 3.30. The number of hydrogen-bond acceptors (Lipinski definition) is 1. The topological polar surface area (TPSA) is 22.0 Å². The average molecular weight is 386 g/mol. The Kier molecular flexibility index (Phi) is 7.18. The van der Waals surface area contributed by atoms with E-state index in [1.165, 1.54) is 6.07 Å². The zero-order chi connectivity index (χ0) is 14.7. The van der Waals surface area contributed by atoms with Gasteiger partial charge in [0.15, 0.2) is 0 Å². The van der Waals surface area contributed by atoms with Gasteiger partial charge >= 0.3 is 0 Å². The van der Waals surface area contributed by atoms with E-state index in [0.717, 1.165) is 22.1 Å². The molecule has 2 nitrogen and oxygen atoms in total. The van der Waals surface area contributed by atoms with Crippen LogP contribution in [0.1, 0.15) is 12.5 Å². The van der Waals surface area contributed by atoms with E-state index in [2.05, 4.69) is 6.07 Å². The molecule has 2 aromatic rings. The number of alkyl halides is 2. The fraction of sp³-hybridized carbons (Fsp3) is 0.267. The maximum Gasteiger partial charge on any atom is 0.256 e. The minimum absolute atomic E-state index is 0. The van der Waals surface area contributed by atoms with Gasteiger partial charge in [-0.1, -0.05) is 41.9 Å². The first-order chi connectivity index (χ1) is 9.54. The number of hydrogen-bond donors (Lipinski definition) is 0. The molecule has 21 heavy (non-hydrogen) atoms. The number of aromatic nitrogens is 1. The molecule has 6 heteroatoms. The zero-order valence-electron chi connectivity index (χ0n) is 11.4. The molecule has 1 aromatic carbocycles. The molecule has 0 aliphatic rings. The summed E-state index contributed by atoms with van der Waals surface area (Å²) in [5, 5.41) is -0.108. The van der Waals surface area contributed by atoms with Crippen LogP contribution in [-0.4, -0.2) is 11.0 Å². The third-order valence-electron chi connectivity index (χ3n) is 3.03. The number of benzene rings is 1. The van der Waals surface area contributed by atoms with Crippen LogP contribution in [0.2, 0.25) is 5.02 Å². The summed E-state index contributed by atoms with van der Waals surface area (Å²) in [7, 11) is 0. The van der Waals surface area contributed by atoms with Crippen LogP contribution in [0.25, 0.3) is 11.3 Å². The summed E-state index contributed by atoms with van der Waals surface area (Å²) in [6, 6.07) is 11.5. The normalized spacial score (nSPS) is 10.5. The molecular formula is C15H13ClF2NOY-. The maximum absolute atomic E-state index is 12.7. The second-order valence-corrected chi connectivity index (χ2v) is 4.71. The van der Waals surface area contributed by atoms with Crippen molar-refractivity contribution in [2.24, 2.45) is 0 Å². The summed E-state index contributed by atoms with van der Waals surface area (Å²) < 4.78 is 26.4. The molecule has 0 aliphatic carbocycles. The molecule has 0 aliphatic heterocycles. The van der Waals surface area contributed by atoms with Gasteiger partial charge in [-0.15, -0.1) is 6.07 Å². The Morgan fingerprint density at radius 3 is 2.62 bits per heavy atom. The minimum Gasteiger partial charge on any atom is -0.335 e. The van der Waals surface area contributed by atoms with Crippen molar-refractivity contribution in [3.63, 3.8) is 0 Å². The molecule has 0 saturated carbocycles. The van der Waals surface area contributed by atoms with Gasteiger partial charge < -0.3 is 4.57 Å². The van der Waals surface area contributed by atoms with E-state index in [4.69, 9.17) is 11.6 Å². The second kappa shape index (κ2) is 8.16. The molecule has 0 fully saturated rings. The van der Waals surface area contributed by atoms with Crippen molar-refractivity contribution in [2.45, 2.75) is 26.3 Å². The molecule has 0 spiro atoms. The monoisotopic (exact) mass is 385 g/mol. The molecule has 1 radical (unpaired) electrons. The Labute approximate surface area is 152 Å². The van der Waals surface area contributed by atoms with E-state index in [0.29, 0.717) is 5.69 Å². The van der Waals surface area contributed by atoms with E-state index in [1.807, 2.05) is 19.1 Å². The van der Waals surface area contributed by atoms with Gasteiger partial charge in [0.1, 0.15) is 0 Å². The van der Waals surface area contributed by atoms with Crippen molar-refractivity contribution in [1.82, 2.24) is 4.57 Å². The van der Waals surface area contributed by atoms with E-state index >= 15 is 0 Å². The van der Waals surface area contributed by atoms with Gasteiger partial charge in [-0.2, -0.15) is 23.7 Å². The largest absolute Gasteiger partial charge is 0.335 e. The molecule has 2 rings (SSSR count). The van der Waals surface area contributed by atoms with Gasteiger partial charge in [0, 0.05) is 37.7 Å². The van der Waals surface area contributed by atoms with Gasteiger partial charge in [-0.25, -0.2) is 8.78 Å². The van der Waals surface area contributed by atoms with Crippen LogP contribution in [0.15, 0.2) is 35.1 Å². The summed E-state index contributed by atoms with van der Waals surface area (Å²) in [5.41, 5.74) is 1.42. The summed E-state index contributed by atoms with van der Waals surface area (Å²) in [5.74, 6) is 0. The van der Waals surface area contributed by atoms with Crippen molar-refractivity contribution in [2.75, 3.05) is 0 Å². The Hall–Kier alpha value is -0.576. The number of pyridine rings is 1. The van der Waals surface area contributed by atoms with Gasteiger partial charge in [0.2, 0.25) is 5.56 Å². The van der Waals surface area contributed by atoms with Crippen LogP contribution < -0.4 is 5.56 Å². The summed E-state index contributed by atoms with van der Waals surface area (Å²) in [6.45, 7) is 1.27. The minimum atomic E-state index is -2.63. The number of rotatable bonds is 4. The number of nitrogens with zero attached hydrogens (tertiary/aromatic N) is 1. The first-order valence-electron chi connectivity index (χ1n) is 6.22. The van der Waals surface area contributed by atoms with Gasteiger partial charge in [0.25, 0.3) is 6.43 Å². The van der Waals surface area contributed by atoms with Crippen LogP contribution in [-0.2, 0) is 45.7 Å². The quantitative estimate of drug-likeness (QED) is 0.734. The molecule has 0 atom stereocenters. The van der Waals surface area contributed by atoms with E-state index in [9.17, 15) is 13.6 Å². The Balaban J connectivity index is 0.00000220. The van der Waals surface area contributed by atoms with E-state index in [1.54, 1.807) is 12.1 Å². The Morgan fingerprint density at radius 1 is 1.33 bits per heavy atom. The zero-order valence-corrected chi connectivity index (χ0v) is 15.0. The second-order valence-electron chi connectivity index (χ2n) is 4.30. The molecule has 1 aromatic heterocycles. The van der Waals surface area contributed by atoms with E-state index < -0.39 is 18.5 Å².